The van der Waals surface area contributed by atoms with Crippen molar-refractivity contribution < 1.29 is 0 Å². The molecule has 72 valence electrons. The summed E-state index contributed by atoms with van der Waals surface area (Å²) < 4.78 is 1.68. The summed E-state index contributed by atoms with van der Waals surface area (Å²) in [7, 11) is 0. The molecular weight excluding hydrogens is 178 g/mol. The van der Waals surface area contributed by atoms with Crippen LogP contribution < -0.4 is 5.73 Å². The Labute approximate surface area is 81.5 Å². The fourth-order valence-electron chi connectivity index (χ4n) is 1.24. The lowest BCUT2D eigenvalue weighted by atomic mass is 10.2. The molecule has 0 aliphatic carbocycles. The van der Waals surface area contributed by atoms with Crippen molar-refractivity contribution in [1.82, 2.24) is 20.2 Å². The molecule has 5 heteroatoms. The molecule has 14 heavy (non-hydrogen) atoms. The maximum absolute atomic E-state index is 5.50. The number of tetrazole rings is 1. The number of aryl methyl sites for hydroxylation is 1. The third-order valence-corrected chi connectivity index (χ3v) is 2.04. The molecule has 5 nitrogen and oxygen atoms in total. The molecule has 0 aliphatic heterocycles. The van der Waals surface area contributed by atoms with E-state index in [1.807, 2.05) is 31.2 Å². The van der Waals surface area contributed by atoms with Crippen molar-refractivity contribution in [2.45, 2.75) is 13.5 Å². The number of aromatic nitrogens is 4. The highest BCUT2D eigenvalue weighted by molar-refractivity contribution is 5.33. The zero-order valence-electron chi connectivity index (χ0n) is 7.88. The molecule has 0 saturated heterocycles. The summed E-state index contributed by atoms with van der Waals surface area (Å²) in [4.78, 5) is 0. The lowest BCUT2D eigenvalue weighted by Crippen LogP contribution is -2.01. The zero-order valence-corrected chi connectivity index (χ0v) is 7.88. The van der Waals surface area contributed by atoms with Crippen LogP contribution in [0.5, 0.6) is 0 Å². The van der Waals surface area contributed by atoms with Crippen LogP contribution in [-0.4, -0.2) is 20.2 Å². The minimum absolute atomic E-state index is 0.550. The van der Waals surface area contributed by atoms with Gasteiger partial charge in [-0.15, -0.1) is 5.10 Å². The monoisotopic (exact) mass is 189 g/mol. The third-order valence-electron chi connectivity index (χ3n) is 2.04. The lowest BCUT2D eigenvalue weighted by molar-refractivity contribution is 0.779. The minimum atomic E-state index is 0.550. The van der Waals surface area contributed by atoms with Gasteiger partial charge in [0.2, 0.25) is 0 Å². The Balaban J connectivity index is 2.39. The molecule has 1 heterocycles. The average molecular weight is 189 g/mol. The third kappa shape index (κ3) is 1.49. The van der Waals surface area contributed by atoms with E-state index in [0.29, 0.717) is 6.54 Å². The highest BCUT2D eigenvalue weighted by atomic mass is 15.5. The Kier molecular flexibility index (Phi) is 2.24. The zero-order chi connectivity index (χ0) is 9.97. The number of nitrogens with two attached hydrogens (primary N) is 1. The Hall–Kier alpha value is -1.75. The van der Waals surface area contributed by atoms with Gasteiger partial charge in [0.25, 0.3) is 0 Å². The molecule has 2 aromatic rings. The second kappa shape index (κ2) is 3.55. The van der Waals surface area contributed by atoms with Gasteiger partial charge in [0.1, 0.15) is 0 Å². The Morgan fingerprint density at radius 1 is 1.29 bits per heavy atom. The van der Waals surface area contributed by atoms with Crippen molar-refractivity contribution in [2.24, 2.45) is 5.73 Å². The van der Waals surface area contributed by atoms with E-state index in [4.69, 9.17) is 5.73 Å². The van der Waals surface area contributed by atoms with Crippen LogP contribution >= 0.6 is 0 Å². The number of nitrogens with zero attached hydrogens (tertiary/aromatic N) is 4. The molecule has 0 unspecified atom stereocenters. The van der Waals surface area contributed by atoms with Crippen LogP contribution in [0, 0.1) is 6.92 Å². The first-order valence-corrected chi connectivity index (χ1v) is 4.35. The van der Waals surface area contributed by atoms with Gasteiger partial charge < -0.3 is 5.73 Å². The van der Waals surface area contributed by atoms with E-state index in [9.17, 15) is 0 Å². The van der Waals surface area contributed by atoms with E-state index in [2.05, 4.69) is 15.5 Å². The fraction of sp³-hybridized carbons (Fsp3) is 0.222. The van der Waals surface area contributed by atoms with Crippen molar-refractivity contribution in [1.29, 1.82) is 0 Å². The molecule has 2 N–H and O–H groups in total. The van der Waals surface area contributed by atoms with Crippen molar-refractivity contribution >= 4 is 0 Å². The van der Waals surface area contributed by atoms with Crippen molar-refractivity contribution in [3.63, 3.8) is 0 Å². The Bertz CT molecular complexity index is 417. The Morgan fingerprint density at radius 2 is 2.00 bits per heavy atom. The summed E-state index contributed by atoms with van der Waals surface area (Å²) in [5, 5.41) is 11.3. The first-order chi connectivity index (χ1) is 6.81. The van der Waals surface area contributed by atoms with Crippen molar-refractivity contribution in [2.75, 3.05) is 0 Å². The fourth-order valence-corrected chi connectivity index (χ4v) is 1.24. The second-order valence-electron chi connectivity index (χ2n) is 3.01. The van der Waals surface area contributed by atoms with Crippen LogP contribution in [0.3, 0.4) is 0 Å². The number of hydrogen-bond donors (Lipinski definition) is 1. The van der Waals surface area contributed by atoms with Crippen LogP contribution in [0.4, 0.5) is 0 Å². The van der Waals surface area contributed by atoms with E-state index in [1.54, 1.807) is 4.68 Å². The molecule has 0 spiro atoms. The van der Waals surface area contributed by atoms with Crippen LogP contribution in [0.25, 0.3) is 5.69 Å². The predicted molar refractivity (Wildman–Crippen MR) is 51.8 cm³/mol. The average Bonchev–Trinajstić information content (AvgIpc) is 2.65. The number of rotatable bonds is 2. The molecule has 0 aliphatic rings. The summed E-state index contributed by atoms with van der Waals surface area (Å²) in [5.41, 5.74) is 7.55. The first-order valence-electron chi connectivity index (χ1n) is 4.35. The molecule has 0 amide bonds. The van der Waals surface area contributed by atoms with Gasteiger partial charge in [0.15, 0.2) is 5.82 Å². The van der Waals surface area contributed by atoms with Gasteiger partial charge in [-0.3, -0.25) is 0 Å². The van der Waals surface area contributed by atoms with E-state index >= 15 is 0 Å². The standard InChI is InChI=1S/C9H11N5/c1-7-11-12-13-14(7)9-4-2-8(6-10)3-5-9/h2-5H,6,10H2,1H3. The largest absolute Gasteiger partial charge is 0.326 e. The summed E-state index contributed by atoms with van der Waals surface area (Å²) >= 11 is 0. The van der Waals surface area contributed by atoms with Gasteiger partial charge in [-0.1, -0.05) is 12.1 Å². The maximum atomic E-state index is 5.50. The second-order valence-corrected chi connectivity index (χ2v) is 3.01. The van der Waals surface area contributed by atoms with Crippen molar-refractivity contribution in [3.05, 3.63) is 35.7 Å². The van der Waals surface area contributed by atoms with Crippen LogP contribution in [-0.2, 0) is 6.54 Å². The van der Waals surface area contributed by atoms with Gasteiger partial charge in [-0.2, -0.15) is 4.68 Å². The SMILES string of the molecule is Cc1nnnn1-c1ccc(CN)cc1. The summed E-state index contributed by atoms with van der Waals surface area (Å²) in [5.74, 6) is 0.769. The molecule has 0 atom stereocenters. The van der Waals surface area contributed by atoms with E-state index in [0.717, 1.165) is 17.1 Å². The molecule has 0 saturated carbocycles. The highest BCUT2D eigenvalue weighted by Crippen LogP contribution is 2.08. The lowest BCUT2D eigenvalue weighted by Gasteiger charge is -2.02. The first kappa shape index (κ1) is 8.83. The van der Waals surface area contributed by atoms with Crippen molar-refractivity contribution in [3.8, 4) is 5.69 Å². The summed E-state index contributed by atoms with van der Waals surface area (Å²) in [6.45, 7) is 2.41. The molecule has 1 aromatic heterocycles. The molecule has 0 radical (unpaired) electrons. The number of benzene rings is 1. The highest BCUT2D eigenvalue weighted by Gasteiger charge is 2.02. The summed E-state index contributed by atoms with van der Waals surface area (Å²) in [6, 6.07) is 7.84. The van der Waals surface area contributed by atoms with E-state index in [1.165, 1.54) is 0 Å². The van der Waals surface area contributed by atoms with Gasteiger partial charge in [0, 0.05) is 6.54 Å². The van der Waals surface area contributed by atoms with E-state index < -0.39 is 0 Å². The van der Waals surface area contributed by atoms with Gasteiger partial charge in [-0.05, 0) is 35.0 Å². The molecule has 0 fully saturated rings. The quantitative estimate of drug-likeness (QED) is 0.743. The summed E-state index contributed by atoms with van der Waals surface area (Å²) in [6.07, 6.45) is 0. The van der Waals surface area contributed by atoms with Crippen LogP contribution in [0.15, 0.2) is 24.3 Å². The Morgan fingerprint density at radius 3 is 2.50 bits per heavy atom. The van der Waals surface area contributed by atoms with Gasteiger partial charge >= 0.3 is 0 Å². The van der Waals surface area contributed by atoms with E-state index in [-0.39, 0.29) is 0 Å². The minimum Gasteiger partial charge on any atom is -0.326 e. The van der Waals surface area contributed by atoms with Crippen LogP contribution in [0.2, 0.25) is 0 Å². The smallest absolute Gasteiger partial charge is 0.153 e. The molecule has 1 aromatic carbocycles. The molecule has 0 bridgehead atoms. The predicted octanol–water partition coefficient (Wildman–Crippen LogP) is 0.429. The molecular formula is C9H11N5. The van der Waals surface area contributed by atoms with Gasteiger partial charge in [0.05, 0.1) is 5.69 Å². The molecule has 2 rings (SSSR count). The number of hydrogen-bond acceptors (Lipinski definition) is 4. The van der Waals surface area contributed by atoms with Gasteiger partial charge in [-0.25, -0.2) is 0 Å². The normalized spacial score (nSPS) is 10.4. The topological polar surface area (TPSA) is 69.6 Å². The maximum Gasteiger partial charge on any atom is 0.153 e. The van der Waals surface area contributed by atoms with Crippen LogP contribution in [0.1, 0.15) is 11.4 Å².